The molecule has 6 nitrogen and oxygen atoms in total. The van der Waals surface area contributed by atoms with Gasteiger partial charge in [-0.2, -0.15) is 0 Å². The van der Waals surface area contributed by atoms with Gasteiger partial charge in [-0.3, -0.25) is 4.79 Å². The van der Waals surface area contributed by atoms with Gasteiger partial charge in [0, 0.05) is 11.1 Å². The van der Waals surface area contributed by atoms with Crippen molar-refractivity contribution in [1.82, 2.24) is 5.32 Å². The molecule has 0 unspecified atom stereocenters. The lowest BCUT2D eigenvalue weighted by molar-refractivity contribution is 0.0947. The van der Waals surface area contributed by atoms with Gasteiger partial charge in [-0.1, -0.05) is 20.8 Å². The van der Waals surface area contributed by atoms with Gasteiger partial charge < -0.3 is 19.6 Å². The SMILES string of the molecule is COc1cc(C=Nc2sc3c(c2C(=O)NCc2ccco2)CC[C@@H](C(C)(C)C)C3)cc(Br)c1O. The number of thiophene rings is 1. The third-order valence-corrected chi connectivity index (χ3v) is 8.07. The molecule has 0 radical (unpaired) electrons. The number of amides is 1. The number of fused-ring (bicyclic) bond motifs is 1. The highest BCUT2D eigenvalue weighted by atomic mass is 79.9. The highest BCUT2D eigenvalue weighted by Gasteiger charge is 2.33. The second kappa shape index (κ2) is 9.96. The third-order valence-electron chi connectivity index (χ3n) is 6.30. The van der Waals surface area contributed by atoms with E-state index >= 15 is 0 Å². The van der Waals surface area contributed by atoms with E-state index in [0.29, 0.717) is 39.0 Å². The number of halogens is 1. The summed E-state index contributed by atoms with van der Waals surface area (Å²) < 4.78 is 11.1. The summed E-state index contributed by atoms with van der Waals surface area (Å²) in [7, 11) is 1.50. The number of ether oxygens (including phenoxy) is 1. The average Bonchev–Trinajstić information content (AvgIpc) is 3.44. The lowest BCUT2D eigenvalue weighted by Gasteiger charge is -2.33. The summed E-state index contributed by atoms with van der Waals surface area (Å²) in [4.78, 5) is 19.3. The fourth-order valence-electron chi connectivity index (χ4n) is 4.26. The van der Waals surface area contributed by atoms with E-state index in [9.17, 15) is 9.90 Å². The molecule has 0 aliphatic heterocycles. The quantitative estimate of drug-likeness (QED) is 0.340. The Morgan fingerprint density at radius 2 is 2.21 bits per heavy atom. The van der Waals surface area contributed by atoms with Gasteiger partial charge in [-0.15, -0.1) is 11.3 Å². The van der Waals surface area contributed by atoms with E-state index in [1.165, 1.54) is 12.0 Å². The summed E-state index contributed by atoms with van der Waals surface area (Å²) in [6.07, 6.45) is 6.17. The molecule has 8 heteroatoms. The fourth-order valence-corrected chi connectivity index (χ4v) is 5.99. The number of furan rings is 1. The van der Waals surface area contributed by atoms with Crippen LogP contribution in [0.15, 0.2) is 44.4 Å². The molecule has 180 valence electrons. The van der Waals surface area contributed by atoms with Gasteiger partial charge in [0.15, 0.2) is 11.5 Å². The van der Waals surface area contributed by atoms with Gasteiger partial charge in [0.1, 0.15) is 10.8 Å². The number of nitrogens with zero attached hydrogens (tertiary/aromatic N) is 1. The van der Waals surface area contributed by atoms with Crippen molar-refractivity contribution in [2.45, 2.75) is 46.6 Å². The van der Waals surface area contributed by atoms with Gasteiger partial charge in [-0.05, 0) is 81.9 Å². The molecule has 34 heavy (non-hydrogen) atoms. The summed E-state index contributed by atoms with van der Waals surface area (Å²) in [6.45, 7) is 7.17. The molecule has 1 atom stereocenters. The number of hydrogen-bond acceptors (Lipinski definition) is 6. The monoisotopic (exact) mass is 544 g/mol. The Labute approximate surface area is 212 Å². The van der Waals surface area contributed by atoms with E-state index in [0.717, 1.165) is 30.4 Å². The van der Waals surface area contributed by atoms with E-state index in [2.05, 4.69) is 42.0 Å². The molecule has 2 heterocycles. The van der Waals surface area contributed by atoms with Crippen molar-refractivity contribution < 1.29 is 19.1 Å². The van der Waals surface area contributed by atoms with Crippen molar-refractivity contribution in [2.24, 2.45) is 16.3 Å². The summed E-state index contributed by atoms with van der Waals surface area (Å²) in [5.74, 6) is 1.52. The van der Waals surface area contributed by atoms with Gasteiger partial charge in [0.05, 0.1) is 30.0 Å². The molecule has 0 saturated carbocycles. The van der Waals surface area contributed by atoms with Gasteiger partial charge in [0.2, 0.25) is 0 Å². The van der Waals surface area contributed by atoms with Gasteiger partial charge in [0.25, 0.3) is 5.91 Å². The van der Waals surface area contributed by atoms with Crippen molar-refractivity contribution in [3.63, 3.8) is 0 Å². The Bertz CT molecular complexity index is 1210. The molecule has 4 rings (SSSR count). The number of benzene rings is 1. The molecule has 1 aromatic carbocycles. The first-order valence-corrected chi connectivity index (χ1v) is 12.8. The minimum Gasteiger partial charge on any atom is -0.503 e. The Morgan fingerprint density at radius 1 is 1.41 bits per heavy atom. The molecule has 0 saturated heterocycles. The maximum atomic E-state index is 13.3. The van der Waals surface area contributed by atoms with Gasteiger partial charge >= 0.3 is 0 Å². The number of hydrogen-bond donors (Lipinski definition) is 2. The second-order valence-corrected chi connectivity index (χ2v) is 11.5. The second-order valence-electron chi connectivity index (χ2n) is 9.56. The van der Waals surface area contributed by atoms with E-state index in [-0.39, 0.29) is 17.1 Å². The number of nitrogens with one attached hydrogen (secondary N) is 1. The third kappa shape index (κ3) is 5.23. The van der Waals surface area contributed by atoms with E-state index in [1.54, 1.807) is 42.0 Å². The molecule has 0 bridgehead atoms. The maximum absolute atomic E-state index is 13.3. The number of carbonyl (C=O) groups is 1. The number of methoxy groups -OCH3 is 1. The number of rotatable bonds is 6. The summed E-state index contributed by atoms with van der Waals surface area (Å²) in [6, 6.07) is 7.12. The van der Waals surface area contributed by atoms with Crippen molar-refractivity contribution in [1.29, 1.82) is 0 Å². The molecule has 2 N–H and O–H groups in total. The van der Waals surface area contributed by atoms with Crippen LogP contribution in [0.5, 0.6) is 11.5 Å². The van der Waals surface area contributed by atoms with Crippen LogP contribution in [-0.4, -0.2) is 24.3 Å². The molecule has 2 aromatic heterocycles. The van der Waals surface area contributed by atoms with Crippen LogP contribution in [0.2, 0.25) is 0 Å². The minimum absolute atomic E-state index is 0.0393. The highest BCUT2D eigenvalue weighted by molar-refractivity contribution is 9.10. The topological polar surface area (TPSA) is 84.1 Å². The van der Waals surface area contributed by atoms with Crippen LogP contribution >= 0.6 is 27.3 Å². The molecular formula is C26H29BrN2O4S. The molecule has 0 spiro atoms. The Kier molecular flexibility index (Phi) is 7.19. The highest BCUT2D eigenvalue weighted by Crippen LogP contribution is 2.45. The van der Waals surface area contributed by atoms with Gasteiger partial charge in [-0.25, -0.2) is 4.99 Å². The maximum Gasteiger partial charge on any atom is 0.255 e. The molecule has 1 aliphatic rings. The van der Waals surface area contributed by atoms with Crippen LogP contribution in [0.1, 0.15) is 59.3 Å². The molecule has 1 amide bonds. The van der Waals surface area contributed by atoms with E-state index in [1.807, 2.05) is 6.07 Å². The number of aromatic hydroxyl groups is 1. The summed E-state index contributed by atoms with van der Waals surface area (Å²) in [5.41, 5.74) is 2.73. The Balaban J connectivity index is 1.68. The minimum atomic E-state index is -0.139. The summed E-state index contributed by atoms with van der Waals surface area (Å²) in [5, 5.41) is 13.8. The first-order chi connectivity index (χ1) is 16.2. The predicted octanol–water partition coefficient (Wildman–Crippen LogP) is 6.65. The van der Waals surface area contributed by atoms with Crippen LogP contribution in [0.3, 0.4) is 0 Å². The normalized spacial score (nSPS) is 16.0. The van der Waals surface area contributed by atoms with Crippen molar-refractivity contribution in [3.8, 4) is 11.5 Å². The zero-order chi connectivity index (χ0) is 24.5. The Morgan fingerprint density at radius 3 is 2.88 bits per heavy atom. The molecule has 1 aliphatic carbocycles. The lowest BCUT2D eigenvalue weighted by atomic mass is 9.72. The van der Waals surface area contributed by atoms with Crippen LogP contribution in [-0.2, 0) is 19.4 Å². The van der Waals surface area contributed by atoms with Crippen LogP contribution in [0, 0.1) is 11.3 Å². The zero-order valence-corrected chi connectivity index (χ0v) is 22.2. The first kappa shape index (κ1) is 24.5. The summed E-state index contributed by atoms with van der Waals surface area (Å²) >= 11 is 4.95. The molecular weight excluding hydrogens is 516 g/mol. The van der Waals surface area contributed by atoms with Crippen molar-refractivity contribution in [3.05, 3.63) is 62.3 Å². The number of phenolic OH excluding ortho intramolecular Hbond substituents is 1. The van der Waals surface area contributed by atoms with Crippen molar-refractivity contribution in [2.75, 3.05) is 7.11 Å². The first-order valence-electron chi connectivity index (χ1n) is 11.2. The zero-order valence-electron chi connectivity index (χ0n) is 19.8. The predicted molar refractivity (Wildman–Crippen MR) is 139 cm³/mol. The largest absolute Gasteiger partial charge is 0.503 e. The number of aliphatic imine (C=N–C) groups is 1. The lowest BCUT2D eigenvalue weighted by Crippen LogP contribution is -2.28. The number of phenols is 1. The van der Waals surface area contributed by atoms with Crippen LogP contribution in [0.4, 0.5) is 5.00 Å². The smallest absolute Gasteiger partial charge is 0.255 e. The average molecular weight is 545 g/mol. The van der Waals surface area contributed by atoms with Crippen LogP contribution in [0.25, 0.3) is 0 Å². The van der Waals surface area contributed by atoms with E-state index < -0.39 is 0 Å². The van der Waals surface area contributed by atoms with Crippen LogP contribution < -0.4 is 10.1 Å². The Hall–Kier alpha value is -2.58. The molecule has 0 fully saturated rings. The standard InChI is InChI=1S/C26H29BrN2O4S/c1-26(2,3)16-7-8-18-21(12-16)34-25(22(18)24(31)28-14-17-6-5-9-33-17)29-13-15-10-19(27)23(30)20(11-15)32-4/h5-6,9-11,13,16,30H,7-8,12,14H2,1-4H3,(H,28,31)/t16-/m1/s1. The van der Waals surface area contributed by atoms with E-state index in [4.69, 9.17) is 14.1 Å². The fraction of sp³-hybridized carbons (Fsp3) is 0.385. The van der Waals surface area contributed by atoms with Crippen molar-refractivity contribution >= 4 is 44.4 Å². The number of carbonyl (C=O) groups excluding carboxylic acids is 1. The molecule has 3 aromatic rings.